The van der Waals surface area contributed by atoms with E-state index in [1.807, 2.05) is 30.3 Å². The summed E-state index contributed by atoms with van der Waals surface area (Å²) in [6.07, 6.45) is 9.72. The number of rotatable bonds is 12. The largest absolute Gasteiger partial charge is 0.466 e. The van der Waals surface area contributed by atoms with E-state index in [9.17, 15) is 9.59 Å². The highest BCUT2D eigenvalue weighted by atomic mass is 16.5. The maximum atomic E-state index is 11.9. The topological polar surface area (TPSA) is 43.4 Å². The molecule has 0 amide bonds. The molecule has 0 radical (unpaired) electrons. The summed E-state index contributed by atoms with van der Waals surface area (Å²) in [4.78, 5) is 22.5. The highest BCUT2D eigenvalue weighted by Crippen LogP contribution is 2.12. The van der Waals surface area contributed by atoms with Gasteiger partial charge >= 0.3 is 5.97 Å². The zero-order valence-electron chi connectivity index (χ0n) is 13.7. The smallest absolute Gasteiger partial charge is 0.302 e. The van der Waals surface area contributed by atoms with Gasteiger partial charge in [-0.3, -0.25) is 9.59 Å². The number of esters is 1. The van der Waals surface area contributed by atoms with Crippen molar-refractivity contribution in [3.05, 3.63) is 35.9 Å². The summed E-state index contributed by atoms with van der Waals surface area (Å²) >= 11 is 0. The van der Waals surface area contributed by atoms with Gasteiger partial charge in [0, 0.05) is 18.9 Å². The first-order valence-corrected chi connectivity index (χ1v) is 8.42. The van der Waals surface area contributed by atoms with Crippen molar-refractivity contribution in [2.75, 3.05) is 6.61 Å². The monoisotopic (exact) mass is 304 g/mol. The van der Waals surface area contributed by atoms with Crippen LogP contribution < -0.4 is 0 Å². The van der Waals surface area contributed by atoms with E-state index in [0.717, 1.165) is 31.2 Å². The number of ketones is 1. The Balaban J connectivity index is 1.88. The molecule has 0 aromatic heterocycles. The van der Waals surface area contributed by atoms with Crippen LogP contribution in [0.1, 0.15) is 75.1 Å². The molecule has 1 aromatic rings. The molecule has 1 aromatic carbocycles. The molecule has 0 saturated carbocycles. The fraction of sp³-hybridized carbons (Fsp3) is 0.579. The molecule has 3 heteroatoms. The highest BCUT2D eigenvalue weighted by Gasteiger charge is 2.03. The van der Waals surface area contributed by atoms with E-state index in [2.05, 4.69) is 0 Å². The lowest BCUT2D eigenvalue weighted by molar-refractivity contribution is -0.141. The second-order valence-corrected chi connectivity index (χ2v) is 5.71. The van der Waals surface area contributed by atoms with Gasteiger partial charge in [-0.05, 0) is 12.8 Å². The number of Topliss-reactive ketones (excluding diaryl/α,β-unsaturated/α-hetero) is 1. The Bertz CT molecular complexity index is 426. The van der Waals surface area contributed by atoms with E-state index in [4.69, 9.17) is 4.74 Å². The minimum absolute atomic E-state index is 0.190. The number of carbonyl (C=O) groups excluding carboxylic acids is 2. The lowest BCUT2D eigenvalue weighted by Crippen LogP contribution is -2.00. The van der Waals surface area contributed by atoms with Gasteiger partial charge in [0.2, 0.25) is 0 Å². The Morgan fingerprint density at radius 1 is 0.818 bits per heavy atom. The predicted octanol–water partition coefficient (Wildman–Crippen LogP) is 4.94. The van der Waals surface area contributed by atoms with Crippen LogP contribution in [0.2, 0.25) is 0 Å². The maximum Gasteiger partial charge on any atom is 0.302 e. The standard InChI is InChI=1S/C19H28O3/c1-17(20)22-16-12-7-5-3-2-4-6-11-15-19(21)18-13-9-8-10-14-18/h8-10,13-14H,2-7,11-12,15-16H2,1H3. The molecule has 0 fully saturated rings. The third-order valence-corrected chi connectivity index (χ3v) is 3.70. The fourth-order valence-corrected chi connectivity index (χ4v) is 2.43. The molecule has 0 saturated heterocycles. The highest BCUT2D eigenvalue weighted by molar-refractivity contribution is 5.95. The molecule has 0 aliphatic rings. The zero-order chi connectivity index (χ0) is 16.0. The van der Waals surface area contributed by atoms with Crippen LogP contribution in [0.25, 0.3) is 0 Å². The molecule has 122 valence electrons. The molecule has 0 N–H and O–H groups in total. The Morgan fingerprint density at radius 3 is 1.95 bits per heavy atom. The maximum absolute atomic E-state index is 11.9. The van der Waals surface area contributed by atoms with Crippen molar-refractivity contribution >= 4 is 11.8 Å². The number of benzene rings is 1. The van der Waals surface area contributed by atoms with E-state index in [1.165, 1.54) is 32.6 Å². The SMILES string of the molecule is CC(=O)OCCCCCCCCCCC(=O)c1ccccc1. The summed E-state index contributed by atoms with van der Waals surface area (Å²) in [7, 11) is 0. The minimum atomic E-state index is -0.190. The quantitative estimate of drug-likeness (QED) is 0.312. The summed E-state index contributed by atoms with van der Waals surface area (Å²) in [6.45, 7) is 2.00. The molecule has 0 heterocycles. The predicted molar refractivity (Wildman–Crippen MR) is 89.0 cm³/mol. The fourth-order valence-electron chi connectivity index (χ4n) is 2.43. The summed E-state index contributed by atoms with van der Waals surface area (Å²) in [5.41, 5.74) is 0.829. The molecule has 0 aliphatic heterocycles. The Morgan fingerprint density at radius 2 is 1.36 bits per heavy atom. The van der Waals surface area contributed by atoms with Gasteiger partial charge in [0.15, 0.2) is 5.78 Å². The van der Waals surface area contributed by atoms with Crippen LogP contribution in [0.15, 0.2) is 30.3 Å². The molecule has 0 atom stereocenters. The molecule has 3 nitrogen and oxygen atoms in total. The van der Waals surface area contributed by atoms with E-state index in [-0.39, 0.29) is 11.8 Å². The molecule has 0 aliphatic carbocycles. The average Bonchev–Trinajstić information content (AvgIpc) is 2.53. The van der Waals surface area contributed by atoms with E-state index >= 15 is 0 Å². The van der Waals surface area contributed by atoms with Crippen LogP contribution in [-0.2, 0) is 9.53 Å². The number of unbranched alkanes of at least 4 members (excludes halogenated alkanes) is 7. The molecular formula is C19H28O3. The average molecular weight is 304 g/mol. The van der Waals surface area contributed by atoms with Crippen LogP contribution in [0.5, 0.6) is 0 Å². The number of hydrogen-bond donors (Lipinski definition) is 0. The number of carbonyl (C=O) groups is 2. The van der Waals surface area contributed by atoms with Gasteiger partial charge in [0.05, 0.1) is 6.61 Å². The molecule has 0 unspecified atom stereocenters. The van der Waals surface area contributed by atoms with E-state index in [0.29, 0.717) is 13.0 Å². The Hall–Kier alpha value is -1.64. The lowest BCUT2D eigenvalue weighted by Gasteiger charge is -2.03. The van der Waals surface area contributed by atoms with Crippen LogP contribution >= 0.6 is 0 Å². The molecule has 1 rings (SSSR count). The first-order chi connectivity index (χ1) is 10.7. The van der Waals surface area contributed by atoms with Crippen molar-refractivity contribution in [1.29, 1.82) is 0 Å². The van der Waals surface area contributed by atoms with Gasteiger partial charge in [-0.2, -0.15) is 0 Å². The first-order valence-electron chi connectivity index (χ1n) is 8.42. The molecule has 22 heavy (non-hydrogen) atoms. The van der Waals surface area contributed by atoms with Crippen molar-refractivity contribution in [2.24, 2.45) is 0 Å². The Kier molecular flexibility index (Phi) is 10.0. The van der Waals surface area contributed by atoms with Crippen molar-refractivity contribution < 1.29 is 14.3 Å². The molecular weight excluding hydrogens is 276 g/mol. The molecule has 0 spiro atoms. The molecule has 0 bridgehead atoms. The van der Waals surface area contributed by atoms with Gasteiger partial charge in [0.25, 0.3) is 0 Å². The van der Waals surface area contributed by atoms with Crippen molar-refractivity contribution in [1.82, 2.24) is 0 Å². The first kappa shape index (κ1) is 18.4. The van der Waals surface area contributed by atoms with Crippen molar-refractivity contribution in [3.63, 3.8) is 0 Å². The van der Waals surface area contributed by atoms with Crippen LogP contribution in [-0.4, -0.2) is 18.4 Å². The summed E-state index contributed by atoms with van der Waals surface area (Å²) in [5, 5.41) is 0. The van der Waals surface area contributed by atoms with Crippen LogP contribution in [0.4, 0.5) is 0 Å². The second kappa shape index (κ2) is 12.0. The van der Waals surface area contributed by atoms with E-state index < -0.39 is 0 Å². The van der Waals surface area contributed by atoms with Crippen LogP contribution in [0.3, 0.4) is 0 Å². The second-order valence-electron chi connectivity index (χ2n) is 5.71. The van der Waals surface area contributed by atoms with Gasteiger partial charge in [-0.15, -0.1) is 0 Å². The van der Waals surface area contributed by atoms with Gasteiger partial charge in [-0.25, -0.2) is 0 Å². The van der Waals surface area contributed by atoms with Gasteiger partial charge < -0.3 is 4.74 Å². The van der Waals surface area contributed by atoms with E-state index in [1.54, 1.807) is 0 Å². The third kappa shape index (κ3) is 9.32. The van der Waals surface area contributed by atoms with Crippen molar-refractivity contribution in [2.45, 2.75) is 64.7 Å². The Labute approximate surface area is 134 Å². The third-order valence-electron chi connectivity index (χ3n) is 3.70. The van der Waals surface area contributed by atoms with Gasteiger partial charge in [0.1, 0.15) is 0 Å². The van der Waals surface area contributed by atoms with Crippen molar-refractivity contribution in [3.8, 4) is 0 Å². The number of hydrogen-bond acceptors (Lipinski definition) is 3. The summed E-state index contributed by atoms with van der Waals surface area (Å²) in [5.74, 6) is 0.0659. The zero-order valence-corrected chi connectivity index (χ0v) is 13.7. The normalized spacial score (nSPS) is 10.4. The van der Waals surface area contributed by atoms with Crippen LogP contribution in [0, 0.1) is 0 Å². The summed E-state index contributed by atoms with van der Waals surface area (Å²) < 4.78 is 4.89. The number of ether oxygens (including phenoxy) is 1. The summed E-state index contributed by atoms with van der Waals surface area (Å²) in [6, 6.07) is 9.53. The minimum Gasteiger partial charge on any atom is -0.466 e. The lowest BCUT2D eigenvalue weighted by atomic mass is 10.0. The van der Waals surface area contributed by atoms with Gasteiger partial charge in [-0.1, -0.05) is 68.9 Å².